The quantitative estimate of drug-likeness (QED) is 0.646. The van der Waals surface area contributed by atoms with Gasteiger partial charge in [-0.05, 0) is 6.42 Å². The molecule has 2 heterocycles. The number of imidazole rings is 1. The molecule has 0 saturated heterocycles. The van der Waals surface area contributed by atoms with Gasteiger partial charge in [0, 0.05) is 31.4 Å². The third-order valence-corrected chi connectivity index (χ3v) is 2.14. The Balaban J connectivity index is 1.72. The summed E-state index contributed by atoms with van der Waals surface area (Å²) in [6.07, 6.45) is 6.93. The molecule has 2 aromatic heterocycles. The Morgan fingerprint density at radius 2 is 2.25 bits per heavy atom. The lowest BCUT2D eigenvalue weighted by Gasteiger charge is -2.04. The fourth-order valence-electron chi connectivity index (χ4n) is 1.38. The Hall–Kier alpha value is -2.11. The van der Waals surface area contributed by atoms with Crippen LogP contribution in [0.4, 0.5) is 11.6 Å². The first-order valence-corrected chi connectivity index (χ1v) is 5.14. The molecule has 16 heavy (non-hydrogen) atoms. The first-order valence-electron chi connectivity index (χ1n) is 5.14. The summed E-state index contributed by atoms with van der Waals surface area (Å²) in [4.78, 5) is 15.1. The number of H-pyrrole nitrogens is 1. The van der Waals surface area contributed by atoms with Crippen molar-refractivity contribution in [2.75, 3.05) is 17.6 Å². The average molecular weight is 218 g/mol. The van der Waals surface area contributed by atoms with Gasteiger partial charge in [0.05, 0.1) is 0 Å². The van der Waals surface area contributed by atoms with Gasteiger partial charge in [-0.3, -0.25) is 0 Å². The van der Waals surface area contributed by atoms with Crippen molar-refractivity contribution in [3.63, 3.8) is 0 Å². The Morgan fingerprint density at radius 1 is 1.31 bits per heavy atom. The molecule has 0 radical (unpaired) electrons. The Labute approximate surface area is 93.3 Å². The number of nitrogens with two attached hydrogens (primary N) is 1. The van der Waals surface area contributed by atoms with E-state index in [0.717, 1.165) is 31.0 Å². The number of aryl methyl sites for hydroxylation is 1. The second-order valence-corrected chi connectivity index (χ2v) is 3.39. The van der Waals surface area contributed by atoms with Gasteiger partial charge in [-0.1, -0.05) is 0 Å². The molecule has 0 fully saturated rings. The summed E-state index contributed by atoms with van der Waals surface area (Å²) in [7, 11) is 0. The monoisotopic (exact) mass is 218 g/mol. The molecule has 0 unspecified atom stereocenters. The molecule has 0 bridgehead atoms. The van der Waals surface area contributed by atoms with Crippen LogP contribution in [0, 0.1) is 0 Å². The van der Waals surface area contributed by atoms with Gasteiger partial charge in [-0.25, -0.2) is 15.0 Å². The second-order valence-electron chi connectivity index (χ2n) is 3.39. The Bertz CT molecular complexity index is 425. The molecule has 2 aromatic rings. The van der Waals surface area contributed by atoms with E-state index in [0.29, 0.717) is 5.82 Å². The van der Waals surface area contributed by atoms with Gasteiger partial charge >= 0.3 is 0 Å². The predicted molar refractivity (Wildman–Crippen MR) is 61.8 cm³/mol. The number of nitrogens with zero attached hydrogens (tertiary/aromatic N) is 3. The van der Waals surface area contributed by atoms with E-state index in [2.05, 4.69) is 25.3 Å². The lowest BCUT2D eigenvalue weighted by molar-refractivity contribution is 0.813. The smallest absolute Gasteiger partial charge is 0.131 e. The molecule has 6 nitrogen and oxygen atoms in total. The molecule has 6 heteroatoms. The minimum absolute atomic E-state index is 0.475. The maximum absolute atomic E-state index is 5.53. The fraction of sp³-hybridized carbons (Fsp3) is 0.300. The molecule has 4 N–H and O–H groups in total. The highest BCUT2D eigenvalue weighted by atomic mass is 15.0. The number of hydrogen-bond donors (Lipinski definition) is 3. The molecule has 0 aromatic carbocycles. The largest absolute Gasteiger partial charge is 0.384 e. The summed E-state index contributed by atoms with van der Waals surface area (Å²) in [6, 6.07) is 1.72. The first-order chi connectivity index (χ1) is 7.84. The standard InChI is InChI=1S/C10H14N6/c11-8-6-10(16-7-15-8)12-3-1-2-9-13-4-5-14-9/h4-7H,1-3H2,(H,13,14)(H3,11,12,15,16). The van der Waals surface area contributed by atoms with Crippen LogP contribution in [0.25, 0.3) is 0 Å². The molecule has 0 spiro atoms. The normalized spacial score (nSPS) is 10.2. The summed E-state index contributed by atoms with van der Waals surface area (Å²) in [5, 5.41) is 3.18. The molecule has 0 aliphatic heterocycles. The summed E-state index contributed by atoms with van der Waals surface area (Å²) in [5.41, 5.74) is 5.53. The Kier molecular flexibility index (Phi) is 3.32. The van der Waals surface area contributed by atoms with Gasteiger partial charge in [0.15, 0.2) is 0 Å². The maximum atomic E-state index is 5.53. The number of aromatic nitrogens is 4. The van der Waals surface area contributed by atoms with Crippen LogP contribution in [0.5, 0.6) is 0 Å². The molecule has 0 aliphatic rings. The number of rotatable bonds is 5. The van der Waals surface area contributed by atoms with Crippen LogP contribution in [0.2, 0.25) is 0 Å². The highest BCUT2D eigenvalue weighted by Crippen LogP contribution is 2.04. The second kappa shape index (κ2) is 5.11. The van der Waals surface area contributed by atoms with Crippen molar-refractivity contribution in [2.45, 2.75) is 12.8 Å². The summed E-state index contributed by atoms with van der Waals surface area (Å²) >= 11 is 0. The zero-order chi connectivity index (χ0) is 11.2. The van der Waals surface area contributed by atoms with Gasteiger partial charge in [0.25, 0.3) is 0 Å². The third-order valence-electron chi connectivity index (χ3n) is 2.14. The molecule has 84 valence electrons. The van der Waals surface area contributed by atoms with E-state index in [1.165, 1.54) is 6.33 Å². The van der Waals surface area contributed by atoms with Crippen LogP contribution in [-0.2, 0) is 6.42 Å². The van der Waals surface area contributed by atoms with E-state index >= 15 is 0 Å². The van der Waals surface area contributed by atoms with Crippen molar-refractivity contribution >= 4 is 11.6 Å². The van der Waals surface area contributed by atoms with Crippen LogP contribution in [0.15, 0.2) is 24.8 Å². The fourth-order valence-corrected chi connectivity index (χ4v) is 1.38. The van der Waals surface area contributed by atoms with Crippen molar-refractivity contribution in [3.05, 3.63) is 30.6 Å². The molecule has 0 atom stereocenters. The van der Waals surface area contributed by atoms with Crippen LogP contribution in [0.1, 0.15) is 12.2 Å². The Morgan fingerprint density at radius 3 is 3.00 bits per heavy atom. The summed E-state index contributed by atoms with van der Waals surface area (Å²) in [5.74, 6) is 2.24. The zero-order valence-electron chi connectivity index (χ0n) is 8.85. The SMILES string of the molecule is Nc1cc(NCCCc2ncc[nH]2)ncn1. The van der Waals surface area contributed by atoms with Crippen LogP contribution in [0.3, 0.4) is 0 Å². The third kappa shape index (κ3) is 2.94. The van der Waals surface area contributed by atoms with Crippen LogP contribution in [-0.4, -0.2) is 26.5 Å². The molecular weight excluding hydrogens is 204 g/mol. The summed E-state index contributed by atoms with van der Waals surface area (Å²) in [6.45, 7) is 0.831. The number of nitrogens with one attached hydrogen (secondary N) is 2. The van der Waals surface area contributed by atoms with Crippen molar-refractivity contribution in [2.24, 2.45) is 0 Å². The number of aromatic amines is 1. The lowest BCUT2D eigenvalue weighted by Crippen LogP contribution is -2.06. The van der Waals surface area contributed by atoms with E-state index in [9.17, 15) is 0 Å². The average Bonchev–Trinajstić information content (AvgIpc) is 2.77. The molecule has 2 rings (SSSR count). The molecular formula is C10H14N6. The highest BCUT2D eigenvalue weighted by Gasteiger charge is 1.96. The predicted octanol–water partition coefficient (Wildman–Crippen LogP) is 0.827. The highest BCUT2D eigenvalue weighted by molar-refractivity contribution is 5.43. The van der Waals surface area contributed by atoms with Gasteiger partial charge < -0.3 is 16.0 Å². The van der Waals surface area contributed by atoms with E-state index in [-0.39, 0.29) is 0 Å². The molecule has 0 amide bonds. The first kappa shape index (κ1) is 10.4. The summed E-state index contributed by atoms with van der Waals surface area (Å²) < 4.78 is 0. The topological polar surface area (TPSA) is 92.5 Å². The lowest BCUT2D eigenvalue weighted by atomic mass is 10.3. The van der Waals surface area contributed by atoms with Crippen LogP contribution >= 0.6 is 0 Å². The minimum atomic E-state index is 0.475. The van der Waals surface area contributed by atoms with Gasteiger partial charge in [0.1, 0.15) is 23.8 Å². The zero-order valence-corrected chi connectivity index (χ0v) is 8.85. The number of anilines is 2. The van der Waals surface area contributed by atoms with E-state index < -0.39 is 0 Å². The van der Waals surface area contributed by atoms with E-state index in [4.69, 9.17) is 5.73 Å². The van der Waals surface area contributed by atoms with Crippen molar-refractivity contribution in [3.8, 4) is 0 Å². The van der Waals surface area contributed by atoms with E-state index in [1.807, 2.05) is 6.20 Å². The van der Waals surface area contributed by atoms with Gasteiger partial charge in [-0.2, -0.15) is 0 Å². The van der Waals surface area contributed by atoms with Crippen molar-refractivity contribution in [1.82, 2.24) is 19.9 Å². The number of nitrogen functional groups attached to an aromatic ring is 1. The van der Waals surface area contributed by atoms with Crippen molar-refractivity contribution < 1.29 is 0 Å². The maximum Gasteiger partial charge on any atom is 0.131 e. The van der Waals surface area contributed by atoms with Crippen molar-refractivity contribution in [1.29, 1.82) is 0 Å². The number of hydrogen-bond acceptors (Lipinski definition) is 5. The minimum Gasteiger partial charge on any atom is -0.384 e. The van der Waals surface area contributed by atoms with Gasteiger partial charge in [0.2, 0.25) is 0 Å². The van der Waals surface area contributed by atoms with Gasteiger partial charge in [-0.15, -0.1) is 0 Å². The van der Waals surface area contributed by atoms with Crippen LogP contribution < -0.4 is 11.1 Å². The molecule has 0 saturated carbocycles. The molecule has 0 aliphatic carbocycles. The van der Waals surface area contributed by atoms with E-state index in [1.54, 1.807) is 12.3 Å².